The van der Waals surface area contributed by atoms with Crippen LogP contribution >= 0.6 is 11.3 Å². The monoisotopic (exact) mass is 412 g/mol. The summed E-state index contributed by atoms with van der Waals surface area (Å²) in [6, 6.07) is 9.46. The second-order valence-electron chi connectivity index (χ2n) is 8.37. The number of benzene rings is 1. The number of thiazole rings is 1. The average Bonchev–Trinajstić information content (AvgIpc) is 3.18. The minimum Gasteiger partial charge on any atom is -0.332 e. The molecule has 0 N–H and O–H groups in total. The first-order valence-corrected chi connectivity index (χ1v) is 11.1. The molecule has 1 aromatic heterocycles. The molecule has 2 aromatic rings. The van der Waals surface area contributed by atoms with Gasteiger partial charge in [-0.15, -0.1) is 11.3 Å². The molecule has 2 amide bonds. The Labute approximate surface area is 176 Å². The lowest BCUT2D eigenvalue weighted by molar-refractivity contribution is -0.164. The highest BCUT2D eigenvalue weighted by Crippen LogP contribution is 2.27. The zero-order valence-corrected chi connectivity index (χ0v) is 18.1. The maximum absolute atomic E-state index is 13.0. The van der Waals surface area contributed by atoms with Gasteiger partial charge in [-0.2, -0.15) is 0 Å². The molecule has 29 heavy (non-hydrogen) atoms. The lowest BCUT2D eigenvalue weighted by atomic mass is 9.95. The highest BCUT2D eigenvalue weighted by atomic mass is 32.1. The zero-order chi connectivity index (χ0) is 20.5. The number of piperazine rings is 2. The van der Waals surface area contributed by atoms with Crippen LogP contribution in [0.4, 0.5) is 0 Å². The minimum atomic E-state index is -0.377. The van der Waals surface area contributed by atoms with Crippen LogP contribution in [-0.2, 0) is 16.1 Å². The van der Waals surface area contributed by atoms with Gasteiger partial charge in [0.15, 0.2) is 0 Å². The van der Waals surface area contributed by atoms with Gasteiger partial charge in [0.05, 0.1) is 12.2 Å². The molecule has 4 rings (SSSR count). The van der Waals surface area contributed by atoms with Crippen LogP contribution in [0.2, 0.25) is 0 Å². The minimum absolute atomic E-state index is 0.0593. The fraction of sp³-hybridized carbons (Fsp3) is 0.500. The van der Waals surface area contributed by atoms with Crippen molar-refractivity contribution in [3.63, 3.8) is 0 Å². The van der Waals surface area contributed by atoms with Crippen LogP contribution in [0, 0.1) is 5.92 Å². The summed E-state index contributed by atoms with van der Waals surface area (Å²) in [6.07, 6.45) is 0.718. The summed E-state index contributed by atoms with van der Waals surface area (Å²) in [5.74, 6) is 0.538. The molecular formula is C22H28N4O2S. The lowest BCUT2D eigenvalue weighted by Crippen LogP contribution is -2.69. The number of likely N-dealkylation sites (N-methyl/N-ethyl adjacent to an activating group) is 1. The van der Waals surface area contributed by atoms with Crippen molar-refractivity contribution in [2.24, 2.45) is 5.92 Å². The third-order valence-electron chi connectivity index (χ3n) is 5.81. The molecule has 2 fully saturated rings. The molecule has 0 radical (unpaired) electrons. The third-order valence-corrected chi connectivity index (χ3v) is 6.64. The van der Waals surface area contributed by atoms with E-state index in [-0.39, 0.29) is 23.9 Å². The van der Waals surface area contributed by atoms with Crippen molar-refractivity contribution < 1.29 is 9.59 Å². The molecule has 2 aliphatic heterocycles. The number of hydrogen-bond acceptors (Lipinski definition) is 5. The van der Waals surface area contributed by atoms with Gasteiger partial charge < -0.3 is 9.80 Å². The van der Waals surface area contributed by atoms with E-state index < -0.39 is 0 Å². The van der Waals surface area contributed by atoms with Crippen molar-refractivity contribution in [1.82, 2.24) is 19.7 Å². The van der Waals surface area contributed by atoms with Crippen LogP contribution in [0.5, 0.6) is 0 Å². The largest absolute Gasteiger partial charge is 0.332 e. The Hall–Kier alpha value is -2.25. The summed E-state index contributed by atoms with van der Waals surface area (Å²) in [4.78, 5) is 36.5. The number of carbonyl (C=O) groups excluding carboxylic acids is 2. The standard InChI is InChI=1S/C22H28N4O2S/c1-15(2)11-18-22(28)26-10-9-25(12-19(26)21(27)24(18)3)13-20-23-17(14-29-20)16-7-5-4-6-8-16/h4-8,14-15,18-19H,9-13H2,1-3H3/t18-,19+/m0/s1. The number of aromatic nitrogens is 1. The molecule has 3 heterocycles. The second-order valence-corrected chi connectivity index (χ2v) is 9.31. The van der Waals surface area contributed by atoms with E-state index in [4.69, 9.17) is 4.98 Å². The van der Waals surface area contributed by atoms with E-state index in [1.165, 1.54) is 0 Å². The topological polar surface area (TPSA) is 56.8 Å². The van der Waals surface area contributed by atoms with Crippen LogP contribution in [0.3, 0.4) is 0 Å². The first kappa shape index (κ1) is 20.0. The van der Waals surface area contributed by atoms with Gasteiger partial charge >= 0.3 is 0 Å². The van der Waals surface area contributed by atoms with Crippen molar-refractivity contribution in [1.29, 1.82) is 0 Å². The predicted molar refractivity (Wildman–Crippen MR) is 114 cm³/mol. The molecule has 6 nitrogen and oxygen atoms in total. The molecule has 154 valence electrons. The van der Waals surface area contributed by atoms with E-state index in [0.29, 0.717) is 25.6 Å². The van der Waals surface area contributed by atoms with Crippen LogP contribution in [-0.4, -0.2) is 70.3 Å². The average molecular weight is 413 g/mol. The Morgan fingerprint density at radius 3 is 2.62 bits per heavy atom. The molecule has 1 aromatic carbocycles. The Balaban J connectivity index is 1.43. The van der Waals surface area contributed by atoms with Crippen LogP contribution in [0.1, 0.15) is 25.3 Å². The maximum atomic E-state index is 13.0. The molecule has 0 saturated carbocycles. The van der Waals surface area contributed by atoms with E-state index >= 15 is 0 Å². The fourth-order valence-corrected chi connectivity index (χ4v) is 5.07. The molecule has 0 bridgehead atoms. The van der Waals surface area contributed by atoms with Gasteiger partial charge in [-0.3, -0.25) is 14.5 Å². The normalized spacial score (nSPS) is 23.0. The van der Waals surface area contributed by atoms with Gasteiger partial charge in [-0.25, -0.2) is 4.98 Å². The highest BCUT2D eigenvalue weighted by Gasteiger charge is 2.46. The molecule has 0 spiro atoms. The number of hydrogen-bond donors (Lipinski definition) is 0. The summed E-state index contributed by atoms with van der Waals surface area (Å²) < 4.78 is 0. The van der Waals surface area contributed by atoms with Crippen molar-refractivity contribution >= 4 is 23.2 Å². The van der Waals surface area contributed by atoms with E-state index in [2.05, 4.69) is 36.3 Å². The van der Waals surface area contributed by atoms with Crippen molar-refractivity contribution in [2.75, 3.05) is 26.7 Å². The van der Waals surface area contributed by atoms with Gasteiger partial charge in [0.25, 0.3) is 0 Å². The summed E-state index contributed by atoms with van der Waals surface area (Å²) in [7, 11) is 1.77. The smallest absolute Gasteiger partial charge is 0.247 e. The first-order chi connectivity index (χ1) is 13.9. The third kappa shape index (κ3) is 4.07. The fourth-order valence-electron chi connectivity index (χ4n) is 4.23. The number of carbonyl (C=O) groups is 2. The van der Waals surface area contributed by atoms with E-state index in [1.54, 1.807) is 23.3 Å². The van der Waals surface area contributed by atoms with Gasteiger partial charge in [-0.1, -0.05) is 44.2 Å². The van der Waals surface area contributed by atoms with E-state index in [0.717, 1.165) is 29.2 Å². The summed E-state index contributed by atoms with van der Waals surface area (Å²) >= 11 is 1.65. The second kappa shape index (κ2) is 8.24. The molecule has 7 heteroatoms. The highest BCUT2D eigenvalue weighted by molar-refractivity contribution is 7.09. The Kier molecular flexibility index (Phi) is 5.69. The summed E-state index contributed by atoms with van der Waals surface area (Å²) in [5.41, 5.74) is 2.11. The number of amides is 2. The van der Waals surface area contributed by atoms with Gasteiger partial charge in [0.1, 0.15) is 17.1 Å². The lowest BCUT2D eigenvalue weighted by Gasteiger charge is -2.48. The van der Waals surface area contributed by atoms with Gasteiger partial charge in [0.2, 0.25) is 11.8 Å². The van der Waals surface area contributed by atoms with E-state index in [9.17, 15) is 9.59 Å². The number of fused-ring (bicyclic) bond motifs is 1. The number of nitrogens with zero attached hydrogens (tertiary/aromatic N) is 4. The van der Waals surface area contributed by atoms with E-state index in [1.807, 2.05) is 23.1 Å². The molecule has 2 aliphatic rings. The van der Waals surface area contributed by atoms with Crippen molar-refractivity contribution in [2.45, 2.75) is 38.9 Å². The van der Waals surface area contributed by atoms with Gasteiger partial charge in [0, 0.05) is 37.6 Å². The van der Waals surface area contributed by atoms with Crippen LogP contribution < -0.4 is 0 Å². The molecule has 2 saturated heterocycles. The molecular weight excluding hydrogens is 384 g/mol. The Morgan fingerprint density at radius 1 is 1.14 bits per heavy atom. The van der Waals surface area contributed by atoms with Crippen LogP contribution in [0.25, 0.3) is 11.3 Å². The quantitative estimate of drug-likeness (QED) is 0.758. The predicted octanol–water partition coefficient (Wildman–Crippen LogP) is 2.71. The molecule has 2 atom stereocenters. The Bertz CT molecular complexity index is 882. The van der Waals surface area contributed by atoms with Crippen molar-refractivity contribution in [3.8, 4) is 11.3 Å². The molecule has 0 aliphatic carbocycles. The molecule has 0 unspecified atom stereocenters. The zero-order valence-electron chi connectivity index (χ0n) is 17.2. The van der Waals surface area contributed by atoms with Gasteiger partial charge in [-0.05, 0) is 12.3 Å². The number of rotatable bonds is 5. The Morgan fingerprint density at radius 2 is 1.90 bits per heavy atom. The van der Waals surface area contributed by atoms with Crippen molar-refractivity contribution in [3.05, 3.63) is 40.7 Å². The van der Waals surface area contributed by atoms with Crippen LogP contribution in [0.15, 0.2) is 35.7 Å². The SMILES string of the molecule is CC(C)C[C@H]1C(=O)N2CCN(Cc3nc(-c4ccccc4)cs3)C[C@@H]2C(=O)N1C. The summed E-state index contributed by atoms with van der Waals surface area (Å²) in [5, 5.41) is 3.12. The maximum Gasteiger partial charge on any atom is 0.247 e. The summed E-state index contributed by atoms with van der Waals surface area (Å²) in [6.45, 7) is 6.84. The first-order valence-electron chi connectivity index (χ1n) is 10.2.